The number of likely N-dealkylation sites (tertiary alicyclic amines) is 1. The second kappa shape index (κ2) is 9.00. The van der Waals surface area contributed by atoms with E-state index in [0.29, 0.717) is 24.8 Å². The Bertz CT molecular complexity index is 975. The molecule has 0 spiro atoms. The van der Waals surface area contributed by atoms with Crippen LogP contribution in [0.3, 0.4) is 0 Å². The van der Waals surface area contributed by atoms with Crippen LogP contribution in [0.15, 0.2) is 35.6 Å². The van der Waals surface area contributed by atoms with Gasteiger partial charge >= 0.3 is 0 Å². The lowest BCUT2D eigenvalue weighted by atomic mass is 9.99. The molecule has 0 saturated carbocycles. The molecule has 0 atom stereocenters. The van der Waals surface area contributed by atoms with Gasteiger partial charge in [-0.25, -0.2) is 0 Å². The van der Waals surface area contributed by atoms with Gasteiger partial charge in [0, 0.05) is 42.9 Å². The van der Waals surface area contributed by atoms with E-state index in [1.807, 2.05) is 29.3 Å². The van der Waals surface area contributed by atoms with E-state index in [9.17, 15) is 4.79 Å². The van der Waals surface area contributed by atoms with Crippen LogP contribution >= 0.6 is 11.8 Å². The quantitative estimate of drug-likeness (QED) is 0.601. The number of para-hydroxylation sites is 1. The molecule has 1 fully saturated rings. The van der Waals surface area contributed by atoms with Crippen molar-refractivity contribution >= 4 is 28.6 Å². The van der Waals surface area contributed by atoms with E-state index >= 15 is 0 Å². The summed E-state index contributed by atoms with van der Waals surface area (Å²) in [5, 5.41) is 10.7. The second-order valence-corrected chi connectivity index (χ2v) is 8.49. The van der Waals surface area contributed by atoms with Gasteiger partial charge in [-0.2, -0.15) is 0 Å². The maximum Gasteiger partial charge on any atom is 0.233 e. The molecular weight excluding hydrogens is 386 g/mol. The SMILES string of the molecule is COCCn1c(SCC(=O)N2CCC(C)CC2)nnc1-c1c[nH]c2ccccc12. The molecule has 1 saturated heterocycles. The number of aromatic amines is 1. The molecule has 8 heteroatoms. The number of H-pyrrole nitrogens is 1. The molecule has 1 amide bonds. The fourth-order valence-electron chi connectivity index (χ4n) is 3.71. The third-order valence-electron chi connectivity index (χ3n) is 5.53. The largest absolute Gasteiger partial charge is 0.383 e. The Hall–Kier alpha value is -2.32. The summed E-state index contributed by atoms with van der Waals surface area (Å²) < 4.78 is 7.34. The van der Waals surface area contributed by atoms with E-state index < -0.39 is 0 Å². The number of hydrogen-bond acceptors (Lipinski definition) is 5. The molecule has 1 aromatic carbocycles. The number of carbonyl (C=O) groups excluding carboxylic acids is 1. The lowest BCUT2D eigenvalue weighted by Gasteiger charge is -2.30. The summed E-state index contributed by atoms with van der Waals surface area (Å²) in [5.41, 5.74) is 2.07. The number of methoxy groups -OCH3 is 1. The average Bonchev–Trinajstić information content (AvgIpc) is 3.34. The van der Waals surface area contributed by atoms with Gasteiger partial charge in [0.05, 0.1) is 18.9 Å². The van der Waals surface area contributed by atoms with Gasteiger partial charge < -0.3 is 14.6 Å². The van der Waals surface area contributed by atoms with Crippen molar-refractivity contribution in [1.82, 2.24) is 24.6 Å². The molecule has 154 valence electrons. The maximum absolute atomic E-state index is 12.6. The van der Waals surface area contributed by atoms with E-state index in [1.165, 1.54) is 11.8 Å². The first kappa shape index (κ1) is 20.0. The first-order valence-corrected chi connectivity index (χ1v) is 11.0. The summed E-state index contributed by atoms with van der Waals surface area (Å²) >= 11 is 1.46. The zero-order valence-corrected chi connectivity index (χ0v) is 17.7. The highest BCUT2D eigenvalue weighted by Crippen LogP contribution is 2.30. The van der Waals surface area contributed by atoms with Gasteiger partial charge in [0.25, 0.3) is 0 Å². The lowest BCUT2D eigenvalue weighted by Crippen LogP contribution is -2.38. The molecule has 0 aliphatic carbocycles. The van der Waals surface area contributed by atoms with Crippen molar-refractivity contribution in [3.05, 3.63) is 30.5 Å². The van der Waals surface area contributed by atoms with Crippen LogP contribution in [0.1, 0.15) is 19.8 Å². The van der Waals surface area contributed by atoms with Crippen LogP contribution in [0.4, 0.5) is 0 Å². The van der Waals surface area contributed by atoms with Gasteiger partial charge in [-0.15, -0.1) is 10.2 Å². The van der Waals surface area contributed by atoms with Gasteiger partial charge in [0.15, 0.2) is 11.0 Å². The minimum Gasteiger partial charge on any atom is -0.383 e. The molecule has 7 nitrogen and oxygen atoms in total. The first-order chi connectivity index (χ1) is 14.2. The number of hydrogen-bond donors (Lipinski definition) is 1. The van der Waals surface area contributed by atoms with Gasteiger partial charge in [0.1, 0.15) is 0 Å². The number of nitrogens with one attached hydrogen (secondary N) is 1. The summed E-state index contributed by atoms with van der Waals surface area (Å²) in [5.74, 6) is 2.06. The summed E-state index contributed by atoms with van der Waals surface area (Å²) in [4.78, 5) is 17.9. The molecule has 1 aliphatic heterocycles. The molecule has 3 heterocycles. The van der Waals surface area contributed by atoms with Crippen molar-refractivity contribution in [3.63, 3.8) is 0 Å². The first-order valence-electron chi connectivity index (χ1n) is 10.1. The van der Waals surface area contributed by atoms with Crippen LogP contribution in [-0.2, 0) is 16.1 Å². The van der Waals surface area contributed by atoms with Gasteiger partial charge in [0.2, 0.25) is 5.91 Å². The Morgan fingerprint density at radius 1 is 1.28 bits per heavy atom. The number of rotatable bonds is 7. The molecule has 29 heavy (non-hydrogen) atoms. The van der Waals surface area contributed by atoms with Crippen LogP contribution in [0.2, 0.25) is 0 Å². The molecule has 1 aliphatic rings. The lowest BCUT2D eigenvalue weighted by molar-refractivity contribution is -0.129. The smallest absolute Gasteiger partial charge is 0.233 e. The van der Waals surface area contributed by atoms with Crippen LogP contribution in [-0.4, -0.2) is 63.1 Å². The maximum atomic E-state index is 12.6. The van der Waals surface area contributed by atoms with Crippen LogP contribution in [0, 0.1) is 5.92 Å². The monoisotopic (exact) mass is 413 g/mol. The fraction of sp³-hybridized carbons (Fsp3) is 0.476. The van der Waals surface area contributed by atoms with Gasteiger partial charge in [-0.05, 0) is 24.8 Å². The average molecular weight is 414 g/mol. The van der Waals surface area contributed by atoms with E-state index in [4.69, 9.17) is 4.74 Å². The topological polar surface area (TPSA) is 76.0 Å². The van der Waals surface area contributed by atoms with E-state index in [1.54, 1.807) is 7.11 Å². The number of fused-ring (bicyclic) bond motifs is 1. The molecule has 1 N–H and O–H groups in total. The Balaban J connectivity index is 1.53. The van der Waals surface area contributed by atoms with Crippen molar-refractivity contribution in [3.8, 4) is 11.4 Å². The number of ether oxygens (including phenoxy) is 1. The van der Waals surface area contributed by atoms with E-state index in [-0.39, 0.29) is 5.91 Å². The zero-order valence-electron chi connectivity index (χ0n) is 16.9. The van der Waals surface area contributed by atoms with Crippen molar-refractivity contribution in [2.45, 2.75) is 31.5 Å². The molecule has 4 rings (SSSR count). The Kier molecular flexibility index (Phi) is 6.20. The predicted molar refractivity (Wildman–Crippen MR) is 115 cm³/mol. The van der Waals surface area contributed by atoms with Gasteiger partial charge in [-0.3, -0.25) is 9.36 Å². The number of benzene rings is 1. The van der Waals surface area contributed by atoms with Gasteiger partial charge in [-0.1, -0.05) is 36.9 Å². The van der Waals surface area contributed by atoms with Crippen molar-refractivity contribution in [2.24, 2.45) is 5.92 Å². The highest BCUT2D eigenvalue weighted by atomic mass is 32.2. The van der Waals surface area contributed by atoms with Crippen molar-refractivity contribution in [2.75, 3.05) is 32.6 Å². The predicted octanol–water partition coefficient (Wildman–Crippen LogP) is 3.42. The van der Waals surface area contributed by atoms with Crippen LogP contribution in [0.25, 0.3) is 22.3 Å². The van der Waals surface area contributed by atoms with Crippen LogP contribution in [0.5, 0.6) is 0 Å². The third kappa shape index (κ3) is 4.33. The normalized spacial score (nSPS) is 15.3. The summed E-state index contributed by atoms with van der Waals surface area (Å²) in [6, 6.07) is 8.14. The molecule has 0 radical (unpaired) electrons. The summed E-state index contributed by atoms with van der Waals surface area (Å²) in [7, 11) is 1.68. The minimum absolute atomic E-state index is 0.178. The van der Waals surface area contributed by atoms with E-state index in [2.05, 4.69) is 32.7 Å². The fourth-order valence-corrected chi connectivity index (χ4v) is 4.58. The third-order valence-corrected chi connectivity index (χ3v) is 6.48. The number of aromatic nitrogens is 4. The highest BCUT2D eigenvalue weighted by Gasteiger charge is 2.22. The molecule has 0 unspecified atom stereocenters. The Morgan fingerprint density at radius 2 is 2.07 bits per heavy atom. The zero-order chi connectivity index (χ0) is 20.2. The second-order valence-electron chi connectivity index (χ2n) is 7.55. The molecule has 2 aromatic heterocycles. The van der Waals surface area contributed by atoms with Crippen molar-refractivity contribution < 1.29 is 9.53 Å². The summed E-state index contributed by atoms with van der Waals surface area (Å²) in [6.07, 6.45) is 4.14. The van der Waals surface area contributed by atoms with E-state index in [0.717, 1.165) is 53.4 Å². The number of carbonyl (C=O) groups is 1. The number of thioether (sulfide) groups is 1. The minimum atomic E-state index is 0.178. The number of nitrogens with zero attached hydrogens (tertiary/aromatic N) is 4. The Morgan fingerprint density at radius 3 is 2.86 bits per heavy atom. The van der Waals surface area contributed by atoms with Crippen molar-refractivity contribution in [1.29, 1.82) is 0 Å². The molecule has 3 aromatic rings. The van der Waals surface area contributed by atoms with Crippen LogP contribution < -0.4 is 0 Å². The molecular formula is C21H27N5O2S. The Labute approximate surface area is 174 Å². The standard InChI is InChI=1S/C21H27N5O2S/c1-15-7-9-25(10-8-15)19(27)14-29-21-24-23-20(26(21)11-12-28-2)17-13-22-18-6-4-3-5-16(17)18/h3-6,13,15,22H,7-12,14H2,1-2H3. The number of amides is 1. The highest BCUT2D eigenvalue weighted by molar-refractivity contribution is 7.99. The number of piperidine rings is 1. The molecule has 0 bridgehead atoms. The summed E-state index contributed by atoms with van der Waals surface area (Å²) in [6.45, 7) is 5.16.